The number of carbonyl (C=O) groups excluding carboxylic acids is 1. The summed E-state index contributed by atoms with van der Waals surface area (Å²) in [5.74, 6) is 0.874. The van der Waals surface area contributed by atoms with Crippen molar-refractivity contribution in [3.05, 3.63) is 12.7 Å². The van der Waals surface area contributed by atoms with Crippen LogP contribution in [-0.2, 0) is 11.3 Å². The van der Waals surface area contributed by atoms with Crippen molar-refractivity contribution in [1.29, 1.82) is 0 Å². The molecule has 1 atom stereocenters. The van der Waals surface area contributed by atoms with Crippen molar-refractivity contribution in [2.45, 2.75) is 32.2 Å². The zero-order chi connectivity index (χ0) is 9.10. The van der Waals surface area contributed by atoms with Gasteiger partial charge in [0.25, 0.3) is 0 Å². The maximum absolute atomic E-state index is 11.2. The highest BCUT2D eigenvalue weighted by molar-refractivity contribution is 5.79. The second-order valence-corrected chi connectivity index (χ2v) is 3.62. The lowest BCUT2D eigenvalue weighted by molar-refractivity contribution is -0.121. The van der Waals surface area contributed by atoms with Crippen LogP contribution in [0.5, 0.6) is 0 Å². The molecule has 70 valence electrons. The van der Waals surface area contributed by atoms with Crippen LogP contribution in [0.15, 0.2) is 12.7 Å². The van der Waals surface area contributed by atoms with Crippen molar-refractivity contribution in [2.75, 3.05) is 0 Å². The molecule has 0 spiro atoms. The number of rotatable bonds is 2. The van der Waals surface area contributed by atoms with Crippen LogP contribution in [0.4, 0.5) is 0 Å². The molecule has 1 aliphatic rings. The van der Waals surface area contributed by atoms with Crippen LogP contribution in [0, 0.1) is 5.92 Å². The molecule has 2 rings (SSSR count). The summed E-state index contributed by atoms with van der Waals surface area (Å²) >= 11 is 0. The van der Waals surface area contributed by atoms with Gasteiger partial charge in [-0.15, -0.1) is 0 Å². The highest BCUT2D eigenvalue weighted by atomic mass is 16.1. The third-order valence-corrected chi connectivity index (χ3v) is 2.50. The maximum atomic E-state index is 11.2. The van der Waals surface area contributed by atoms with Gasteiger partial charge in [0.15, 0.2) is 0 Å². The molecule has 0 N–H and O–H groups in total. The van der Waals surface area contributed by atoms with E-state index in [4.69, 9.17) is 0 Å². The number of Topliss-reactive ketones (excluding diaryl/α,β-unsaturated/α-hetero) is 1. The Bertz CT molecular complexity index is 281. The lowest BCUT2D eigenvalue weighted by atomic mass is 9.88. The van der Waals surface area contributed by atoms with E-state index in [1.54, 1.807) is 6.33 Å². The summed E-state index contributed by atoms with van der Waals surface area (Å²) in [5, 5.41) is 4.03. The van der Waals surface area contributed by atoms with Gasteiger partial charge in [0.05, 0.1) is 0 Å². The van der Waals surface area contributed by atoms with Gasteiger partial charge in [0.1, 0.15) is 18.4 Å². The van der Waals surface area contributed by atoms with Gasteiger partial charge in [-0.3, -0.25) is 9.48 Å². The number of carbonyl (C=O) groups is 1. The summed E-state index contributed by atoms with van der Waals surface area (Å²) in [6, 6.07) is 0. The SMILES string of the molecule is O=C1CCC[C@@H](Cn2cncn2)C1. The van der Waals surface area contributed by atoms with Crippen molar-refractivity contribution in [2.24, 2.45) is 5.92 Å². The van der Waals surface area contributed by atoms with E-state index in [0.717, 1.165) is 32.2 Å². The minimum Gasteiger partial charge on any atom is -0.300 e. The Balaban J connectivity index is 1.91. The van der Waals surface area contributed by atoms with Gasteiger partial charge in [0.2, 0.25) is 0 Å². The quantitative estimate of drug-likeness (QED) is 0.681. The lowest BCUT2D eigenvalue weighted by Crippen LogP contribution is -2.19. The third kappa shape index (κ3) is 2.14. The highest BCUT2D eigenvalue weighted by Gasteiger charge is 2.19. The van der Waals surface area contributed by atoms with Gasteiger partial charge < -0.3 is 0 Å². The summed E-state index contributed by atoms with van der Waals surface area (Å²) in [5.41, 5.74) is 0. The first-order valence-electron chi connectivity index (χ1n) is 4.68. The van der Waals surface area contributed by atoms with Crippen LogP contribution >= 0.6 is 0 Å². The average molecular weight is 179 g/mol. The molecule has 1 aliphatic carbocycles. The molecular formula is C9H13N3O. The molecule has 0 unspecified atom stereocenters. The van der Waals surface area contributed by atoms with Crippen molar-refractivity contribution >= 4 is 5.78 Å². The van der Waals surface area contributed by atoms with E-state index in [9.17, 15) is 4.79 Å². The van der Waals surface area contributed by atoms with Crippen molar-refractivity contribution in [3.8, 4) is 0 Å². The van der Waals surface area contributed by atoms with E-state index in [1.165, 1.54) is 6.33 Å². The summed E-state index contributed by atoms with van der Waals surface area (Å²) in [6.45, 7) is 0.839. The fourth-order valence-corrected chi connectivity index (χ4v) is 1.86. The molecule has 0 saturated heterocycles. The minimum atomic E-state index is 0.399. The van der Waals surface area contributed by atoms with Crippen LogP contribution in [0.25, 0.3) is 0 Å². The van der Waals surface area contributed by atoms with E-state index in [-0.39, 0.29) is 0 Å². The van der Waals surface area contributed by atoms with Crippen molar-refractivity contribution in [3.63, 3.8) is 0 Å². The normalized spacial score (nSPS) is 23.4. The summed E-state index contributed by atoms with van der Waals surface area (Å²) < 4.78 is 1.81. The smallest absolute Gasteiger partial charge is 0.137 e. The zero-order valence-electron chi connectivity index (χ0n) is 7.52. The Morgan fingerprint density at radius 3 is 3.23 bits per heavy atom. The highest BCUT2D eigenvalue weighted by Crippen LogP contribution is 2.22. The molecule has 0 bridgehead atoms. The molecule has 4 nitrogen and oxygen atoms in total. The molecule has 0 aromatic carbocycles. The van der Waals surface area contributed by atoms with Crippen molar-refractivity contribution in [1.82, 2.24) is 14.8 Å². The summed E-state index contributed by atoms with van der Waals surface area (Å²) in [4.78, 5) is 15.0. The molecule has 1 fully saturated rings. The van der Waals surface area contributed by atoms with Crippen LogP contribution in [-0.4, -0.2) is 20.5 Å². The van der Waals surface area contributed by atoms with E-state index in [0.29, 0.717) is 11.7 Å². The largest absolute Gasteiger partial charge is 0.300 e. The molecule has 0 amide bonds. The maximum Gasteiger partial charge on any atom is 0.137 e. The van der Waals surface area contributed by atoms with Crippen LogP contribution < -0.4 is 0 Å². The van der Waals surface area contributed by atoms with E-state index < -0.39 is 0 Å². The molecule has 1 saturated carbocycles. The molecular weight excluding hydrogens is 166 g/mol. The Labute approximate surface area is 77.0 Å². The Hall–Kier alpha value is -1.19. The van der Waals surface area contributed by atoms with Gasteiger partial charge in [-0.2, -0.15) is 5.10 Å². The Morgan fingerprint density at radius 2 is 2.54 bits per heavy atom. The molecule has 1 aromatic heterocycles. The monoisotopic (exact) mass is 179 g/mol. The second-order valence-electron chi connectivity index (χ2n) is 3.62. The van der Waals surface area contributed by atoms with E-state index in [1.807, 2.05) is 4.68 Å². The minimum absolute atomic E-state index is 0.399. The van der Waals surface area contributed by atoms with Crippen LogP contribution in [0.2, 0.25) is 0 Å². The van der Waals surface area contributed by atoms with Crippen LogP contribution in [0.1, 0.15) is 25.7 Å². The molecule has 4 heteroatoms. The van der Waals surface area contributed by atoms with Gasteiger partial charge in [0, 0.05) is 19.4 Å². The number of ketones is 1. The Kier molecular flexibility index (Phi) is 2.38. The second kappa shape index (κ2) is 3.68. The molecule has 1 heterocycles. The zero-order valence-corrected chi connectivity index (χ0v) is 7.52. The van der Waals surface area contributed by atoms with Crippen LogP contribution in [0.3, 0.4) is 0 Å². The molecule has 13 heavy (non-hydrogen) atoms. The molecule has 1 aromatic rings. The van der Waals surface area contributed by atoms with E-state index in [2.05, 4.69) is 10.1 Å². The number of hydrogen-bond donors (Lipinski definition) is 0. The molecule has 0 radical (unpaired) electrons. The third-order valence-electron chi connectivity index (χ3n) is 2.50. The van der Waals surface area contributed by atoms with Gasteiger partial charge >= 0.3 is 0 Å². The first kappa shape index (κ1) is 8.41. The predicted molar refractivity (Wildman–Crippen MR) is 47.0 cm³/mol. The van der Waals surface area contributed by atoms with Gasteiger partial charge in [-0.25, -0.2) is 4.98 Å². The summed E-state index contributed by atoms with van der Waals surface area (Å²) in [6.07, 6.45) is 6.92. The van der Waals surface area contributed by atoms with Crippen molar-refractivity contribution < 1.29 is 4.79 Å². The topological polar surface area (TPSA) is 47.8 Å². The number of hydrogen-bond acceptors (Lipinski definition) is 3. The van der Waals surface area contributed by atoms with Gasteiger partial charge in [-0.1, -0.05) is 0 Å². The lowest BCUT2D eigenvalue weighted by Gasteiger charge is -2.19. The fraction of sp³-hybridized carbons (Fsp3) is 0.667. The first-order chi connectivity index (χ1) is 6.34. The fourth-order valence-electron chi connectivity index (χ4n) is 1.86. The number of aromatic nitrogens is 3. The standard InChI is InChI=1S/C9H13N3O/c13-9-3-1-2-8(4-9)5-12-7-10-6-11-12/h6-8H,1-5H2/t8-/m1/s1. The first-order valence-corrected chi connectivity index (χ1v) is 4.68. The Morgan fingerprint density at radius 1 is 1.62 bits per heavy atom. The van der Waals surface area contributed by atoms with Gasteiger partial charge in [-0.05, 0) is 18.8 Å². The molecule has 0 aliphatic heterocycles. The number of nitrogens with zero attached hydrogens (tertiary/aromatic N) is 3. The van der Waals surface area contributed by atoms with E-state index >= 15 is 0 Å². The summed E-state index contributed by atoms with van der Waals surface area (Å²) in [7, 11) is 0. The predicted octanol–water partition coefficient (Wildman–Crippen LogP) is 1.04. The average Bonchev–Trinajstić information content (AvgIpc) is 2.57.